The minimum absolute atomic E-state index is 0.258. The molecule has 60 heavy (non-hydrogen) atoms. The van der Waals surface area contributed by atoms with E-state index >= 15 is 0 Å². The van der Waals surface area contributed by atoms with E-state index in [0.29, 0.717) is 67.9 Å². The largest absolute Gasteiger partial charge is 0.497 e. The molecule has 0 aliphatic rings. The number of rotatable bonds is 11. The van der Waals surface area contributed by atoms with E-state index in [1.807, 2.05) is 123 Å². The van der Waals surface area contributed by atoms with Gasteiger partial charge in [-0.25, -0.2) is 9.97 Å². The number of anilines is 2. The number of aryl methyl sites for hydroxylation is 2. The van der Waals surface area contributed by atoms with Crippen LogP contribution in [0.1, 0.15) is 31.8 Å². The van der Waals surface area contributed by atoms with Crippen LogP contribution in [0.25, 0.3) is 55.4 Å². The molecule has 0 saturated heterocycles. The first kappa shape index (κ1) is 39.1. The lowest BCUT2D eigenvalue weighted by Crippen LogP contribution is -2.14. The fourth-order valence-corrected chi connectivity index (χ4v) is 7.37. The summed E-state index contributed by atoms with van der Waals surface area (Å²) >= 11 is 0. The molecule has 0 unspecified atom stereocenters. The van der Waals surface area contributed by atoms with Crippen LogP contribution in [-0.2, 0) is 0 Å². The second-order valence-corrected chi connectivity index (χ2v) is 14.2. The summed E-state index contributed by atoms with van der Waals surface area (Å²) in [5.74, 6) is 1.97. The highest BCUT2D eigenvalue weighted by Crippen LogP contribution is 2.37. The molecule has 0 saturated carbocycles. The molecule has 0 bridgehead atoms. The molecular formula is C50H42N4O6. The maximum Gasteiger partial charge on any atom is 0.256 e. The van der Waals surface area contributed by atoms with E-state index in [2.05, 4.69) is 10.6 Å². The maximum absolute atomic E-state index is 14.0. The van der Waals surface area contributed by atoms with Gasteiger partial charge in [0.05, 0.1) is 62.0 Å². The van der Waals surface area contributed by atoms with Crippen molar-refractivity contribution in [1.29, 1.82) is 0 Å². The lowest BCUT2D eigenvalue weighted by Gasteiger charge is -2.15. The van der Waals surface area contributed by atoms with Gasteiger partial charge < -0.3 is 29.6 Å². The third-order valence-electron chi connectivity index (χ3n) is 10.6. The standard InChI is InChI=1S/C50H42N4O6/c1-29-23-31(15-21-41(29)53-49(55)39-27-45(51-43-13-9-7-11-35(39)43)37-19-17-33(57-3)25-47(37)59-5)32-16-22-42(30(2)24-32)54-50(56)40-28-46(52-44-14-10-8-12-36(40)44)38-20-18-34(58-4)26-48(38)60-6/h7-28H,1-6H3,(H,53,55)(H,54,56). The minimum Gasteiger partial charge on any atom is -0.497 e. The van der Waals surface area contributed by atoms with Crippen molar-refractivity contribution < 1.29 is 28.5 Å². The van der Waals surface area contributed by atoms with Gasteiger partial charge in [0.25, 0.3) is 11.8 Å². The lowest BCUT2D eigenvalue weighted by molar-refractivity contribution is 0.102. The number of benzene rings is 6. The number of ether oxygens (including phenoxy) is 4. The molecule has 2 aromatic heterocycles. The fraction of sp³-hybridized carbons (Fsp3) is 0.120. The molecule has 0 radical (unpaired) electrons. The van der Waals surface area contributed by atoms with Gasteiger partial charge in [-0.05, 0) is 109 Å². The number of pyridine rings is 2. The van der Waals surface area contributed by atoms with Crippen molar-refractivity contribution in [2.24, 2.45) is 0 Å². The first-order valence-electron chi connectivity index (χ1n) is 19.3. The molecule has 0 fully saturated rings. The highest BCUT2D eigenvalue weighted by molar-refractivity contribution is 6.14. The zero-order chi connectivity index (χ0) is 41.9. The van der Waals surface area contributed by atoms with Gasteiger partial charge >= 0.3 is 0 Å². The summed E-state index contributed by atoms with van der Waals surface area (Å²) in [6, 6.07) is 41.6. The van der Waals surface area contributed by atoms with Crippen molar-refractivity contribution in [3.63, 3.8) is 0 Å². The summed E-state index contributed by atoms with van der Waals surface area (Å²) in [7, 11) is 6.39. The summed E-state index contributed by atoms with van der Waals surface area (Å²) < 4.78 is 22.1. The number of hydrogen-bond donors (Lipinski definition) is 2. The third-order valence-corrected chi connectivity index (χ3v) is 10.6. The quantitative estimate of drug-likeness (QED) is 0.133. The van der Waals surface area contributed by atoms with E-state index in [-0.39, 0.29) is 11.8 Å². The fourth-order valence-electron chi connectivity index (χ4n) is 7.37. The molecule has 0 atom stereocenters. The van der Waals surface area contributed by atoms with Crippen molar-refractivity contribution in [2.75, 3.05) is 39.1 Å². The monoisotopic (exact) mass is 794 g/mol. The Morgan fingerprint density at radius 3 is 1.27 bits per heavy atom. The van der Waals surface area contributed by atoms with E-state index in [1.165, 1.54) is 0 Å². The molecule has 6 aromatic carbocycles. The Hall–Kier alpha value is -7.72. The average Bonchev–Trinajstić information content (AvgIpc) is 3.28. The molecule has 2 N–H and O–H groups in total. The predicted octanol–water partition coefficient (Wildman–Crippen LogP) is 10.9. The van der Waals surface area contributed by atoms with Crippen LogP contribution in [0.3, 0.4) is 0 Å². The summed E-state index contributed by atoms with van der Waals surface area (Å²) in [6.45, 7) is 3.93. The number of nitrogens with one attached hydrogen (secondary N) is 2. The summed E-state index contributed by atoms with van der Waals surface area (Å²) in [4.78, 5) is 37.8. The van der Waals surface area contributed by atoms with Gasteiger partial charge in [-0.1, -0.05) is 48.5 Å². The molecular weight excluding hydrogens is 753 g/mol. The van der Waals surface area contributed by atoms with Gasteiger partial charge in [0.2, 0.25) is 0 Å². The number of hydrogen-bond acceptors (Lipinski definition) is 8. The molecule has 2 heterocycles. The highest BCUT2D eigenvalue weighted by atomic mass is 16.5. The van der Waals surface area contributed by atoms with Crippen molar-refractivity contribution in [2.45, 2.75) is 13.8 Å². The first-order valence-corrected chi connectivity index (χ1v) is 19.3. The van der Waals surface area contributed by atoms with E-state index in [9.17, 15) is 9.59 Å². The zero-order valence-corrected chi connectivity index (χ0v) is 34.0. The Bertz CT molecular complexity index is 2760. The Labute approximate surface area is 347 Å². The van der Waals surface area contributed by atoms with E-state index in [0.717, 1.165) is 44.2 Å². The molecule has 8 aromatic rings. The van der Waals surface area contributed by atoms with E-state index in [4.69, 9.17) is 28.9 Å². The van der Waals surface area contributed by atoms with Crippen LogP contribution in [0.4, 0.5) is 11.4 Å². The third kappa shape index (κ3) is 7.66. The summed E-state index contributed by atoms with van der Waals surface area (Å²) in [5, 5.41) is 7.74. The van der Waals surface area contributed by atoms with E-state index < -0.39 is 0 Å². The van der Waals surface area contributed by atoms with Crippen molar-refractivity contribution in [3.05, 3.63) is 156 Å². The normalized spacial score (nSPS) is 11.0. The minimum atomic E-state index is -0.258. The maximum atomic E-state index is 14.0. The molecule has 298 valence electrons. The van der Waals surface area contributed by atoms with Crippen LogP contribution < -0.4 is 29.6 Å². The molecule has 10 nitrogen and oxygen atoms in total. The second kappa shape index (κ2) is 16.6. The summed E-state index contributed by atoms with van der Waals surface area (Å²) in [6.07, 6.45) is 0. The Kier molecular flexibility index (Phi) is 10.8. The second-order valence-electron chi connectivity index (χ2n) is 14.2. The van der Waals surface area contributed by atoms with Crippen LogP contribution in [0.5, 0.6) is 23.0 Å². The number of fused-ring (bicyclic) bond motifs is 2. The van der Waals surface area contributed by atoms with Gasteiger partial charge in [0, 0.05) is 45.4 Å². The van der Waals surface area contributed by atoms with Crippen molar-refractivity contribution >= 4 is 45.0 Å². The summed E-state index contributed by atoms with van der Waals surface area (Å²) in [5.41, 5.74) is 10.1. The van der Waals surface area contributed by atoms with Crippen molar-refractivity contribution in [3.8, 4) is 56.6 Å². The molecule has 8 rings (SSSR count). The van der Waals surface area contributed by atoms with Crippen LogP contribution >= 0.6 is 0 Å². The van der Waals surface area contributed by atoms with Gasteiger partial charge in [-0.3, -0.25) is 9.59 Å². The van der Waals surface area contributed by atoms with Crippen LogP contribution in [0.15, 0.2) is 133 Å². The van der Waals surface area contributed by atoms with Gasteiger partial charge in [0.1, 0.15) is 23.0 Å². The first-order chi connectivity index (χ1) is 29.2. The van der Waals surface area contributed by atoms with Gasteiger partial charge in [-0.15, -0.1) is 0 Å². The Balaban J connectivity index is 1.04. The number of amides is 2. The SMILES string of the molecule is COc1ccc(-c2cc(C(=O)Nc3ccc(-c4ccc(NC(=O)c5cc(-c6ccc(OC)cc6OC)nc6ccccc56)c(C)c4)cc3C)c3ccccc3n2)c(OC)c1. The molecule has 10 heteroatoms. The number of para-hydroxylation sites is 2. The van der Waals surface area contributed by atoms with Crippen LogP contribution in [0, 0.1) is 13.8 Å². The van der Waals surface area contributed by atoms with Gasteiger partial charge in [0.15, 0.2) is 0 Å². The number of nitrogens with zero attached hydrogens (tertiary/aromatic N) is 2. The Morgan fingerprint density at radius 1 is 0.467 bits per heavy atom. The number of methoxy groups -OCH3 is 4. The lowest BCUT2D eigenvalue weighted by atomic mass is 9.99. The predicted molar refractivity (Wildman–Crippen MR) is 238 cm³/mol. The molecule has 0 aliphatic carbocycles. The average molecular weight is 795 g/mol. The van der Waals surface area contributed by atoms with E-state index in [1.54, 1.807) is 52.7 Å². The number of carbonyl (C=O) groups excluding carboxylic acids is 2. The molecule has 2 amide bonds. The van der Waals surface area contributed by atoms with Gasteiger partial charge in [-0.2, -0.15) is 0 Å². The molecule has 0 aliphatic heterocycles. The zero-order valence-electron chi connectivity index (χ0n) is 34.0. The highest BCUT2D eigenvalue weighted by Gasteiger charge is 2.20. The van der Waals surface area contributed by atoms with Crippen LogP contribution in [0.2, 0.25) is 0 Å². The van der Waals surface area contributed by atoms with Crippen LogP contribution in [-0.4, -0.2) is 50.2 Å². The smallest absolute Gasteiger partial charge is 0.256 e. The Morgan fingerprint density at radius 2 is 0.883 bits per heavy atom. The molecule has 0 spiro atoms. The van der Waals surface area contributed by atoms with Crippen molar-refractivity contribution in [1.82, 2.24) is 9.97 Å². The topological polar surface area (TPSA) is 121 Å². The number of aromatic nitrogens is 2. The number of carbonyl (C=O) groups is 2.